The maximum atomic E-state index is 13.0. The fraction of sp³-hybridized carbons (Fsp3) is 0.591. The van der Waals surface area contributed by atoms with E-state index in [2.05, 4.69) is 32.2 Å². The average molecular weight is 373 g/mol. The highest BCUT2D eigenvalue weighted by Gasteiger charge is 2.43. The lowest BCUT2D eigenvalue weighted by molar-refractivity contribution is -0.967. The summed E-state index contributed by atoms with van der Waals surface area (Å²) in [4.78, 5) is 13.0. The van der Waals surface area contributed by atoms with Crippen molar-refractivity contribution in [3.05, 3.63) is 42.0 Å². The van der Waals surface area contributed by atoms with E-state index in [0.717, 1.165) is 61.7 Å². The first-order chi connectivity index (χ1) is 13.0. The number of ether oxygens (including phenoxy) is 2. The van der Waals surface area contributed by atoms with Gasteiger partial charge in [-0.3, -0.25) is 4.48 Å². The molecule has 5 heteroatoms. The molecule has 4 atom stereocenters. The Morgan fingerprint density at radius 1 is 1.22 bits per heavy atom. The smallest absolute Gasteiger partial charge is 0.351 e. The number of rotatable bonds is 4. The molecule has 146 valence electrons. The molecule has 3 aliphatic rings. The highest BCUT2D eigenvalue weighted by Crippen LogP contribution is 2.31. The van der Waals surface area contributed by atoms with Crippen molar-refractivity contribution in [2.45, 2.75) is 32.4 Å². The molecule has 4 rings (SSSR count). The molecule has 5 nitrogen and oxygen atoms in total. The Morgan fingerprint density at radius 2 is 2.07 bits per heavy atom. The van der Waals surface area contributed by atoms with E-state index in [1.165, 1.54) is 6.42 Å². The van der Waals surface area contributed by atoms with E-state index in [1.54, 1.807) is 0 Å². The predicted molar refractivity (Wildman–Crippen MR) is 104 cm³/mol. The Morgan fingerprint density at radius 3 is 2.93 bits per heavy atom. The van der Waals surface area contributed by atoms with Crippen LogP contribution in [0.1, 0.15) is 25.3 Å². The Kier molecular flexibility index (Phi) is 5.10. The van der Waals surface area contributed by atoms with Gasteiger partial charge in [-0.2, -0.15) is 0 Å². The Bertz CT molecular complexity index is 734. The van der Waals surface area contributed by atoms with E-state index in [9.17, 15) is 4.79 Å². The summed E-state index contributed by atoms with van der Waals surface area (Å²) in [6.07, 6.45) is 7.15. The van der Waals surface area contributed by atoms with Crippen molar-refractivity contribution in [2.24, 2.45) is 5.92 Å². The minimum absolute atomic E-state index is 0.167. The summed E-state index contributed by atoms with van der Waals surface area (Å²) in [6, 6.07) is 8.07. The molecule has 2 heterocycles. The summed E-state index contributed by atoms with van der Waals surface area (Å²) in [5.74, 6) is 1.65. The van der Waals surface area contributed by atoms with Gasteiger partial charge in [0.05, 0.1) is 26.2 Å². The van der Waals surface area contributed by atoms with E-state index in [1.807, 2.05) is 18.2 Å². The van der Waals surface area contributed by atoms with Gasteiger partial charge in [0, 0.05) is 11.5 Å². The quantitative estimate of drug-likeness (QED) is 0.602. The number of carbonyl (C=O) groups is 1. The van der Waals surface area contributed by atoms with Gasteiger partial charge in [0.2, 0.25) is 6.61 Å². The molecule has 1 saturated heterocycles. The van der Waals surface area contributed by atoms with E-state index in [0.29, 0.717) is 16.5 Å². The van der Waals surface area contributed by atoms with Crippen LogP contribution in [0.25, 0.3) is 0 Å². The van der Waals surface area contributed by atoms with Gasteiger partial charge in [-0.15, -0.1) is 0 Å². The molecule has 27 heavy (non-hydrogen) atoms. The number of likely N-dealkylation sites (N-methyl/N-ethyl adjacent to an activating group) is 2. The second kappa shape index (κ2) is 7.38. The molecule has 0 N–H and O–H groups in total. The lowest BCUT2D eigenvalue weighted by Crippen LogP contribution is -2.62. The Labute approximate surface area is 162 Å². The van der Waals surface area contributed by atoms with E-state index >= 15 is 0 Å². The number of benzene rings is 1. The third kappa shape index (κ3) is 3.68. The van der Waals surface area contributed by atoms with Crippen molar-refractivity contribution in [3.8, 4) is 5.75 Å². The molecule has 0 radical (unpaired) electrons. The minimum Gasteiger partial charge on any atom is -0.479 e. The van der Waals surface area contributed by atoms with Crippen molar-refractivity contribution in [1.29, 1.82) is 0 Å². The molecule has 0 spiro atoms. The van der Waals surface area contributed by atoms with Crippen LogP contribution in [0.3, 0.4) is 0 Å². The third-order valence-electron chi connectivity index (χ3n) is 6.75. The maximum Gasteiger partial charge on any atom is 0.351 e. The van der Waals surface area contributed by atoms with Crippen molar-refractivity contribution in [3.63, 3.8) is 0 Å². The Hall–Kier alpha value is -1.69. The number of nitrogens with zero attached hydrogens (tertiary/aromatic N) is 2. The van der Waals surface area contributed by atoms with Gasteiger partial charge in [0.25, 0.3) is 0 Å². The van der Waals surface area contributed by atoms with Crippen LogP contribution in [0, 0.1) is 5.92 Å². The summed E-state index contributed by atoms with van der Waals surface area (Å²) in [5.41, 5.74) is 1.14. The number of hydrogen-bond donors (Lipinski definition) is 0. The largest absolute Gasteiger partial charge is 0.479 e. The number of para-hydroxylation sites is 1. The van der Waals surface area contributed by atoms with Gasteiger partial charge in [-0.05, 0) is 31.9 Å². The zero-order valence-corrected chi connectivity index (χ0v) is 16.6. The zero-order chi connectivity index (χ0) is 18.9. The van der Waals surface area contributed by atoms with Crippen LogP contribution in [-0.2, 0) is 16.1 Å². The number of fused-ring (bicyclic) bond motifs is 2. The molecule has 1 amide bonds. The second-order valence-electron chi connectivity index (χ2n) is 8.68. The lowest BCUT2D eigenvalue weighted by Gasteiger charge is -2.46. The highest BCUT2D eigenvalue weighted by molar-refractivity contribution is 5.71. The van der Waals surface area contributed by atoms with Crippen LogP contribution in [0.5, 0.6) is 5.75 Å². The molecular formula is C22H32N2O3+2. The van der Waals surface area contributed by atoms with Crippen LogP contribution in [-0.4, -0.2) is 67.5 Å². The molecular weight excluding hydrogens is 340 g/mol. The van der Waals surface area contributed by atoms with Crippen LogP contribution in [0.15, 0.2) is 36.4 Å². The molecule has 0 saturated carbocycles. The van der Waals surface area contributed by atoms with Crippen LogP contribution in [0.4, 0.5) is 0 Å². The van der Waals surface area contributed by atoms with E-state index in [4.69, 9.17) is 9.47 Å². The zero-order valence-electron chi connectivity index (χ0n) is 16.6. The first kappa shape index (κ1) is 18.7. The van der Waals surface area contributed by atoms with Gasteiger partial charge < -0.3 is 9.47 Å². The summed E-state index contributed by atoms with van der Waals surface area (Å²) >= 11 is 0. The molecule has 0 bridgehead atoms. The normalized spacial score (nSPS) is 35.7. The number of quaternary nitrogens is 2. The fourth-order valence-corrected chi connectivity index (χ4v) is 4.84. The summed E-state index contributed by atoms with van der Waals surface area (Å²) in [6.45, 7) is 7.47. The topological polar surface area (TPSA) is 35.5 Å². The summed E-state index contributed by atoms with van der Waals surface area (Å²) < 4.78 is 13.3. The molecule has 2 aliphatic heterocycles. The minimum atomic E-state index is 0.167. The van der Waals surface area contributed by atoms with Crippen LogP contribution >= 0.6 is 0 Å². The number of amides is 1. The van der Waals surface area contributed by atoms with Gasteiger partial charge in [-0.25, -0.2) is 9.28 Å². The van der Waals surface area contributed by atoms with Gasteiger partial charge in [0.1, 0.15) is 25.4 Å². The van der Waals surface area contributed by atoms with E-state index < -0.39 is 0 Å². The SMILES string of the molecule is CC[N+]1(CC[N+]2(C)COC3C=CCCC3C2)Cc2ccccc2OCC1=O. The van der Waals surface area contributed by atoms with Crippen molar-refractivity contribution >= 4 is 5.91 Å². The maximum absolute atomic E-state index is 13.0. The standard InChI is InChI=1S/C22H32N2O3/c1-3-24(15-19-9-5-6-10-20(19)26-16-22(24)25)13-12-23(2)14-18-8-4-7-11-21(18)27-17-23/h5-7,9-11,18,21H,3-4,8,12-17H2,1-2H3/q+2. The van der Waals surface area contributed by atoms with E-state index in [-0.39, 0.29) is 12.5 Å². The first-order valence-corrected chi connectivity index (χ1v) is 10.3. The molecule has 0 aromatic heterocycles. The average Bonchev–Trinajstić information content (AvgIpc) is 2.83. The molecule has 1 aromatic carbocycles. The first-order valence-electron chi connectivity index (χ1n) is 10.3. The van der Waals surface area contributed by atoms with Gasteiger partial charge in [0.15, 0.2) is 6.73 Å². The van der Waals surface area contributed by atoms with Crippen LogP contribution in [0.2, 0.25) is 0 Å². The number of allylic oxidation sites excluding steroid dienone is 1. The molecule has 1 aliphatic carbocycles. The second-order valence-corrected chi connectivity index (χ2v) is 8.68. The highest BCUT2D eigenvalue weighted by atomic mass is 16.5. The van der Waals surface area contributed by atoms with Gasteiger partial charge in [-0.1, -0.05) is 24.3 Å². The lowest BCUT2D eigenvalue weighted by atomic mass is 9.89. The van der Waals surface area contributed by atoms with Crippen molar-refractivity contribution < 1.29 is 23.2 Å². The Balaban J connectivity index is 1.49. The molecule has 1 aromatic rings. The van der Waals surface area contributed by atoms with Crippen molar-refractivity contribution in [2.75, 3.05) is 46.6 Å². The molecule has 4 unspecified atom stereocenters. The number of carbonyl (C=O) groups excluding carboxylic acids is 1. The fourth-order valence-electron chi connectivity index (χ4n) is 4.84. The predicted octanol–water partition coefficient (Wildman–Crippen LogP) is 2.71. The summed E-state index contributed by atoms with van der Waals surface area (Å²) in [5, 5.41) is 0. The third-order valence-corrected chi connectivity index (χ3v) is 6.75. The monoisotopic (exact) mass is 372 g/mol. The molecule has 1 fully saturated rings. The van der Waals surface area contributed by atoms with Crippen molar-refractivity contribution in [1.82, 2.24) is 0 Å². The summed E-state index contributed by atoms with van der Waals surface area (Å²) in [7, 11) is 2.29. The van der Waals surface area contributed by atoms with Crippen LogP contribution < -0.4 is 4.74 Å². The van der Waals surface area contributed by atoms with Gasteiger partial charge >= 0.3 is 5.91 Å². The number of hydrogen-bond acceptors (Lipinski definition) is 3.